The normalized spacial score (nSPS) is 24.0. The number of nitrogens with zero attached hydrogens (tertiary/aromatic N) is 2. The van der Waals surface area contributed by atoms with Gasteiger partial charge in [0.2, 0.25) is 0 Å². The van der Waals surface area contributed by atoms with Gasteiger partial charge >= 0.3 is 0 Å². The molecule has 1 N–H and O–H groups in total. The maximum absolute atomic E-state index is 9.17. The van der Waals surface area contributed by atoms with Gasteiger partial charge in [0, 0.05) is 18.0 Å². The van der Waals surface area contributed by atoms with Crippen LogP contribution in [0, 0.1) is 12.8 Å². The van der Waals surface area contributed by atoms with E-state index < -0.39 is 0 Å². The molecule has 0 unspecified atom stereocenters. The maximum Gasteiger partial charge on any atom is 0.0897 e. The first-order valence-corrected chi connectivity index (χ1v) is 8.29. The van der Waals surface area contributed by atoms with Gasteiger partial charge in [-0.2, -0.15) is 0 Å². The van der Waals surface area contributed by atoms with E-state index >= 15 is 0 Å². The molecule has 0 aromatic carbocycles. The summed E-state index contributed by atoms with van der Waals surface area (Å²) < 4.78 is 0. The maximum atomic E-state index is 9.17. The van der Waals surface area contributed by atoms with Crippen molar-refractivity contribution in [3.05, 3.63) is 16.1 Å². The average molecular weight is 282 g/mol. The van der Waals surface area contributed by atoms with E-state index in [-0.39, 0.29) is 0 Å². The van der Waals surface area contributed by atoms with E-state index in [0.717, 1.165) is 19.0 Å². The summed E-state index contributed by atoms with van der Waals surface area (Å²) in [6.07, 6.45) is 7.17. The summed E-state index contributed by atoms with van der Waals surface area (Å²) in [5.74, 6) is 0.558. The standard InChI is InChI=1S/C15H26N2OS/c1-12-16-14(11-19-12)4-3-9-17(2)15-7-5-13(10-18)6-8-15/h11,13,15,18H,3-10H2,1-2H3. The molecule has 0 atom stereocenters. The van der Waals surface area contributed by atoms with Crippen molar-refractivity contribution in [3.8, 4) is 0 Å². The second-order valence-corrected chi connectivity index (χ2v) is 6.86. The first-order chi connectivity index (χ1) is 9.19. The molecule has 1 aromatic rings. The number of aliphatic hydroxyl groups is 1. The van der Waals surface area contributed by atoms with Crippen LogP contribution < -0.4 is 0 Å². The van der Waals surface area contributed by atoms with Crippen LogP contribution in [0.25, 0.3) is 0 Å². The Kier molecular flexibility index (Phi) is 5.79. The molecule has 0 spiro atoms. The van der Waals surface area contributed by atoms with Crippen LogP contribution in [-0.2, 0) is 6.42 Å². The largest absolute Gasteiger partial charge is 0.396 e. The minimum absolute atomic E-state index is 0.375. The van der Waals surface area contributed by atoms with E-state index in [1.54, 1.807) is 11.3 Å². The van der Waals surface area contributed by atoms with Crippen LogP contribution in [0.5, 0.6) is 0 Å². The Morgan fingerprint density at radius 1 is 1.37 bits per heavy atom. The lowest BCUT2D eigenvalue weighted by Gasteiger charge is -2.34. The molecule has 0 amide bonds. The molecule has 1 aliphatic carbocycles. The number of hydrogen-bond donors (Lipinski definition) is 1. The zero-order valence-electron chi connectivity index (χ0n) is 12.1. The molecule has 0 aliphatic heterocycles. The monoisotopic (exact) mass is 282 g/mol. The van der Waals surface area contributed by atoms with Gasteiger partial charge in [-0.3, -0.25) is 0 Å². The Bertz CT molecular complexity index is 372. The van der Waals surface area contributed by atoms with Crippen molar-refractivity contribution in [2.24, 2.45) is 5.92 Å². The fourth-order valence-electron chi connectivity index (χ4n) is 2.98. The van der Waals surface area contributed by atoms with Gasteiger partial charge in [-0.05, 0) is 65.0 Å². The van der Waals surface area contributed by atoms with E-state index in [4.69, 9.17) is 5.11 Å². The first-order valence-electron chi connectivity index (χ1n) is 7.41. The van der Waals surface area contributed by atoms with E-state index in [1.165, 1.54) is 42.8 Å². The highest BCUT2D eigenvalue weighted by Crippen LogP contribution is 2.26. The molecule has 1 aromatic heterocycles. The van der Waals surface area contributed by atoms with E-state index in [9.17, 15) is 0 Å². The van der Waals surface area contributed by atoms with Gasteiger partial charge in [-0.15, -0.1) is 11.3 Å². The first kappa shape index (κ1) is 14.9. The van der Waals surface area contributed by atoms with Crippen LogP contribution in [0.15, 0.2) is 5.38 Å². The summed E-state index contributed by atoms with van der Waals surface area (Å²) in [5.41, 5.74) is 1.25. The molecule has 0 bridgehead atoms. The fourth-order valence-corrected chi connectivity index (χ4v) is 3.63. The van der Waals surface area contributed by atoms with Gasteiger partial charge in [0.25, 0.3) is 0 Å². The molecular weight excluding hydrogens is 256 g/mol. The van der Waals surface area contributed by atoms with E-state index in [0.29, 0.717) is 12.5 Å². The Labute approximate surface area is 120 Å². The molecule has 1 saturated carbocycles. The summed E-state index contributed by atoms with van der Waals surface area (Å²) in [6, 6.07) is 0.722. The number of aromatic nitrogens is 1. The van der Waals surface area contributed by atoms with E-state index in [2.05, 4.69) is 29.2 Å². The average Bonchev–Trinajstić information content (AvgIpc) is 2.84. The van der Waals surface area contributed by atoms with Gasteiger partial charge in [0.1, 0.15) is 0 Å². The van der Waals surface area contributed by atoms with Crippen LogP contribution in [0.1, 0.15) is 42.8 Å². The summed E-state index contributed by atoms with van der Waals surface area (Å²) in [5, 5.41) is 12.5. The second kappa shape index (κ2) is 7.36. The molecule has 19 heavy (non-hydrogen) atoms. The smallest absolute Gasteiger partial charge is 0.0897 e. The summed E-state index contributed by atoms with van der Waals surface area (Å²) in [7, 11) is 2.25. The number of hydrogen-bond acceptors (Lipinski definition) is 4. The van der Waals surface area contributed by atoms with Gasteiger partial charge in [-0.25, -0.2) is 4.98 Å². The molecule has 108 valence electrons. The third kappa shape index (κ3) is 4.55. The molecule has 0 saturated heterocycles. The lowest BCUT2D eigenvalue weighted by Crippen LogP contribution is -2.36. The SMILES string of the molecule is Cc1nc(CCCN(C)C2CCC(CO)CC2)cs1. The van der Waals surface area contributed by atoms with Crippen LogP contribution in [0.4, 0.5) is 0 Å². The number of aliphatic hydroxyl groups excluding tert-OH is 1. The van der Waals surface area contributed by atoms with Gasteiger partial charge in [-0.1, -0.05) is 0 Å². The lowest BCUT2D eigenvalue weighted by molar-refractivity contribution is 0.127. The van der Waals surface area contributed by atoms with Crippen LogP contribution >= 0.6 is 11.3 Å². The molecular formula is C15H26N2OS. The van der Waals surface area contributed by atoms with Crippen molar-refractivity contribution >= 4 is 11.3 Å². The Morgan fingerprint density at radius 2 is 2.11 bits per heavy atom. The topological polar surface area (TPSA) is 36.4 Å². The third-order valence-corrected chi connectivity index (χ3v) is 5.13. The summed E-state index contributed by atoms with van der Waals surface area (Å²) in [4.78, 5) is 7.02. The van der Waals surface area contributed by atoms with Crippen molar-refractivity contribution in [2.45, 2.75) is 51.5 Å². The molecule has 2 rings (SSSR count). The third-order valence-electron chi connectivity index (χ3n) is 4.31. The Balaban J connectivity index is 1.65. The highest BCUT2D eigenvalue weighted by Gasteiger charge is 2.23. The Morgan fingerprint density at radius 3 is 2.68 bits per heavy atom. The number of rotatable bonds is 6. The van der Waals surface area contributed by atoms with Crippen LogP contribution in [0.2, 0.25) is 0 Å². The number of thiazole rings is 1. The molecule has 3 nitrogen and oxygen atoms in total. The lowest BCUT2D eigenvalue weighted by atomic mass is 9.86. The Hall–Kier alpha value is -0.450. The summed E-state index contributed by atoms with van der Waals surface area (Å²) in [6.45, 7) is 3.60. The molecule has 4 heteroatoms. The van der Waals surface area contributed by atoms with Gasteiger partial charge in [0.05, 0.1) is 10.7 Å². The van der Waals surface area contributed by atoms with Crippen LogP contribution in [0.3, 0.4) is 0 Å². The van der Waals surface area contributed by atoms with Crippen LogP contribution in [-0.4, -0.2) is 41.2 Å². The zero-order valence-corrected chi connectivity index (χ0v) is 13.0. The zero-order chi connectivity index (χ0) is 13.7. The van der Waals surface area contributed by atoms with E-state index in [1.807, 2.05) is 0 Å². The van der Waals surface area contributed by atoms with Gasteiger partial charge in [0.15, 0.2) is 0 Å². The number of aryl methyl sites for hydroxylation is 2. The highest BCUT2D eigenvalue weighted by atomic mass is 32.1. The highest BCUT2D eigenvalue weighted by molar-refractivity contribution is 7.09. The quantitative estimate of drug-likeness (QED) is 0.871. The molecule has 1 heterocycles. The van der Waals surface area contributed by atoms with Crippen molar-refractivity contribution in [2.75, 3.05) is 20.2 Å². The second-order valence-electron chi connectivity index (χ2n) is 5.80. The minimum Gasteiger partial charge on any atom is -0.396 e. The van der Waals surface area contributed by atoms with Gasteiger partial charge < -0.3 is 10.0 Å². The molecule has 1 fully saturated rings. The predicted octanol–water partition coefficient (Wildman–Crippen LogP) is 2.87. The van der Waals surface area contributed by atoms with Crippen molar-refractivity contribution in [1.82, 2.24) is 9.88 Å². The molecule has 0 radical (unpaired) electrons. The summed E-state index contributed by atoms with van der Waals surface area (Å²) >= 11 is 1.75. The minimum atomic E-state index is 0.375. The molecule has 1 aliphatic rings. The van der Waals surface area contributed by atoms with Crippen molar-refractivity contribution in [1.29, 1.82) is 0 Å². The van der Waals surface area contributed by atoms with Crippen molar-refractivity contribution in [3.63, 3.8) is 0 Å². The fraction of sp³-hybridized carbons (Fsp3) is 0.800. The predicted molar refractivity (Wildman–Crippen MR) is 80.6 cm³/mol. The van der Waals surface area contributed by atoms with Crippen molar-refractivity contribution < 1.29 is 5.11 Å².